The number of hydrogen-bond acceptors (Lipinski definition) is 5. The Balaban J connectivity index is 1.74. The van der Waals surface area contributed by atoms with Gasteiger partial charge in [-0.1, -0.05) is 0 Å². The predicted octanol–water partition coefficient (Wildman–Crippen LogP) is 2.61. The van der Waals surface area contributed by atoms with Crippen molar-refractivity contribution in [2.75, 3.05) is 24.2 Å². The maximum absolute atomic E-state index is 12.7. The van der Waals surface area contributed by atoms with Gasteiger partial charge in [0.2, 0.25) is 0 Å². The van der Waals surface area contributed by atoms with Gasteiger partial charge in [-0.15, -0.1) is 0 Å². The average Bonchev–Trinajstić information content (AvgIpc) is 3.04. The zero-order chi connectivity index (χ0) is 18.2. The third-order valence-electron chi connectivity index (χ3n) is 4.23. The summed E-state index contributed by atoms with van der Waals surface area (Å²) in [6.45, 7) is 0.985. The van der Waals surface area contributed by atoms with Gasteiger partial charge >= 0.3 is 6.18 Å². The summed E-state index contributed by atoms with van der Waals surface area (Å²) in [5.41, 5.74) is -0.853. The van der Waals surface area contributed by atoms with Crippen LogP contribution in [0.5, 0.6) is 0 Å². The molecule has 3 rings (SSSR count). The number of nitrogens with zero attached hydrogens (tertiary/aromatic N) is 3. The number of rotatable bonds is 3. The molecule has 6 nitrogen and oxygen atoms in total. The molecule has 1 saturated heterocycles. The second-order valence-corrected chi connectivity index (χ2v) is 8.02. The van der Waals surface area contributed by atoms with Gasteiger partial charge in [-0.3, -0.25) is 0 Å². The monoisotopic (exact) mass is 374 g/mol. The van der Waals surface area contributed by atoms with E-state index in [2.05, 4.69) is 15.0 Å². The molecule has 0 spiro atoms. The highest BCUT2D eigenvalue weighted by Gasteiger charge is 2.34. The van der Waals surface area contributed by atoms with Gasteiger partial charge in [0.25, 0.3) is 0 Å². The zero-order valence-corrected chi connectivity index (χ0v) is 14.2. The minimum Gasteiger partial charge on any atom is -0.355 e. The lowest BCUT2D eigenvalue weighted by Crippen LogP contribution is -2.34. The second-order valence-electron chi connectivity index (χ2n) is 6.04. The fourth-order valence-electron chi connectivity index (χ4n) is 2.96. The van der Waals surface area contributed by atoms with Crippen molar-refractivity contribution in [3.63, 3.8) is 0 Å². The van der Waals surface area contributed by atoms with E-state index in [-0.39, 0.29) is 10.8 Å². The Kier molecular flexibility index (Phi) is 4.48. The van der Waals surface area contributed by atoms with E-state index in [9.17, 15) is 21.6 Å². The Hall–Kier alpha value is -2.10. The molecule has 0 atom stereocenters. The summed E-state index contributed by atoms with van der Waals surface area (Å²) in [5.74, 6) is 0.577. The third kappa shape index (κ3) is 3.78. The van der Waals surface area contributed by atoms with Crippen molar-refractivity contribution < 1.29 is 21.6 Å². The summed E-state index contributed by atoms with van der Waals surface area (Å²) in [6, 6.07) is 3.07. The van der Waals surface area contributed by atoms with E-state index < -0.39 is 21.7 Å². The summed E-state index contributed by atoms with van der Waals surface area (Å²) < 4.78 is 61.8. The van der Waals surface area contributed by atoms with E-state index in [0.717, 1.165) is 12.5 Å². The molecule has 0 radical (unpaired) electrons. The number of hydrogen-bond donors (Lipinski definition) is 1. The molecule has 25 heavy (non-hydrogen) atoms. The standard InChI is InChI=1S/C15H17F3N4O2S/c1-25(23,24)11-3-2-6-19-14(11)22-7-4-10(5-8-22)13-20-9-12(21-13)15(16,17)18/h2-3,6,9-10H,4-5,7-8H2,1H3,(H,20,21). The lowest BCUT2D eigenvalue weighted by atomic mass is 9.96. The first kappa shape index (κ1) is 17.7. The van der Waals surface area contributed by atoms with Gasteiger partial charge in [0.15, 0.2) is 9.84 Å². The summed E-state index contributed by atoms with van der Waals surface area (Å²) >= 11 is 0. The van der Waals surface area contributed by atoms with Crippen LogP contribution in [0, 0.1) is 0 Å². The number of halogens is 3. The molecular weight excluding hydrogens is 357 g/mol. The van der Waals surface area contributed by atoms with E-state index in [1.807, 2.05) is 4.90 Å². The minimum absolute atomic E-state index is 0.127. The van der Waals surface area contributed by atoms with E-state index in [1.165, 1.54) is 12.3 Å². The number of aromatic amines is 1. The van der Waals surface area contributed by atoms with Crippen LogP contribution in [0.15, 0.2) is 29.4 Å². The van der Waals surface area contributed by atoms with Crippen molar-refractivity contribution in [2.24, 2.45) is 0 Å². The van der Waals surface area contributed by atoms with Crippen molar-refractivity contribution >= 4 is 15.7 Å². The van der Waals surface area contributed by atoms with Crippen molar-refractivity contribution in [3.8, 4) is 0 Å². The summed E-state index contributed by atoms with van der Waals surface area (Å²) in [5, 5.41) is 0. The smallest absolute Gasteiger partial charge is 0.355 e. The maximum Gasteiger partial charge on any atom is 0.432 e. The third-order valence-corrected chi connectivity index (χ3v) is 5.35. The van der Waals surface area contributed by atoms with Gasteiger partial charge in [-0.05, 0) is 25.0 Å². The number of H-pyrrole nitrogens is 1. The van der Waals surface area contributed by atoms with Gasteiger partial charge in [0.1, 0.15) is 22.2 Å². The Morgan fingerprint density at radius 2 is 1.92 bits per heavy atom. The Morgan fingerprint density at radius 3 is 2.48 bits per heavy atom. The van der Waals surface area contributed by atoms with Crippen molar-refractivity contribution in [3.05, 3.63) is 36.0 Å². The summed E-state index contributed by atoms with van der Waals surface area (Å²) in [6.07, 6.45) is 0.141. The molecule has 3 heterocycles. The Labute approximate surface area is 143 Å². The quantitative estimate of drug-likeness (QED) is 0.893. The van der Waals surface area contributed by atoms with Crippen LogP contribution < -0.4 is 4.90 Å². The molecule has 1 N–H and O–H groups in total. The van der Waals surface area contributed by atoms with Crippen molar-refractivity contribution in [1.82, 2.24) is 15.0 Å². The van der Waals surface area contributed by atoms with Gasteiger partial charge in [0.05, 0.1) is 6.20 Å². The highest BCUT2D eigenvalue weighted by Crippen LogP contribution is 2.33. The fraction of sp³-hybridized carbons (Fsp3) is 0.467. The van der Waals surface area contributed by atoms with Crippen LogP contribution >= 0.6 is 0 Å². The number of pyridine rings is 1. The number of alkyl halides is 3. The average molecular weight is 374 g/mol. The first-order valence-electron chi connectivity index (χ1n) is 7.68. The van der Waals surface area contributed by atoms with Crippen molar-refractivity contribution in [1.29, 1.82) is 0 Å². The molecule has 0 aliphatic carbocycles. The number of imidazole rings is 1. The van der Waals surface area contributed by atoms with E-state index in [0.29, 0.717) is 37.6 Å². The van der Waals surface area contributed by atoms with E-state index >= 15 is 0 Å². The van der Waals surface area contributed by atoms with Crippen LogP contribution in [0.1, 0.15) is 30.3 Å². The first-order valence-corrected chi connectivity index (χ1v) is 9.57. The minimum atomic E-state index is -4.44. The van der Waals surface area contributed by atoms with Crippen LogP contribution in [-0.4, -0.2) is 42.7 Å². The normalized spacial score (nSPS) is 17.0. The number of sulfone groups is 1. The second kappa shape index (κ2) is 6.32. The Morgan fingerprint density at radius 1 is 1.24 bits per heavy atom. The molecule has 0 bridgehead atoms. The summed E-state index contributed by atoms with van der Waals surface area (Å²) in [7, 11) is -3.41. The van der Waals surface area contributed by atoms with Gasteiger partial charge in [-0.25, -0.2) is 18.4 Å². The van der Waals surface area contributed by atoms with Gasteiger partial charge < -0.3 is 9.88 Å². The number of anilines is 1. The van der Waals surface area contributed by atoms with Crippen LogP contribution in [0.3, 0.4) is 0 Å². The number of nitrogens with one attached hydrogen (secondary N) is 1. The molecule has 0 unspecified atom stereocenters. The van der Waals surface area contributed by atoms with Crippen LogP contribution in [0.2, 0.25) is 0 Å². The number of aromatic nitrogens is 3. The van der Waals surface area contributed by atoms with Crippen LogP contribution in [0.25, 0.3) is 0 Å². The molecule has 0 aromatic carbocycles. The van der Waals surface area contributed by atoms with E-state index in [1.54, 1.807) is 6.07 Å². The molecule has 1 aliphatic heterocycles. The number of piperidine rings is 1. The molecular formula is C15H17F3N4O2S. The largest absolute Gasteiger partial charge is 0.432 e. The Bertz CT molecular complexity index is 856. The molecule has 2 aromatic heterocycles. The maximum atomic E-state index is 12.7. The molecule has 2 aromatic rings. The van der Waals surface area contributed by atoms with Gasteiger partial charge in [0, 0.05) is 31.5 Å². The van der Waals surface area contributed by atoms with Crippen LogP contribution in [-0.2, 0) is 16.0 Å². The van der Waals surface area contributed by atoms with Crippen LogP contribution in [0.4, 0.5) is 19.0 Å². The summed E-state index contributed by atoms with van der Waals surface area (Å²) in [4.78, 5) is 12.4. The molecule has 0 saturated carbocycles. The van der Waals surface area contributed by atoms with Gasteiger partial charge in [-0.2, -0.15) is 13.2 Å². The lowest BCUT2D eigenvalue weighted by Gasteiger charge is -2.32. The molecule has 1 aliphatic rings. The molecule has 136 valence electrons. The topological polar surface area (TPSA) is 79.0 Å². The molecule has 0 amide bonds. The zero-order valence-electron chi connectivity index (χ0n) is 13.4. The first-order chi connectivity index (χ1) is 11.7. The SMILES string of the molecule is CS(=O)(=O)c1cccnc1N1CCC(c2ncc(C(F)(F)F)[nH]2)CC1. The predicted molar refractivity (Wildman–Crippen MR) is 85.1 cm³/mol. The highest BCUT2D eigenvalue weighted by molar-refractivity contribution is 7.90. The van der Waals surface area contributed by atoms with Crippen molar-refractivity contribution in [2.45, 2.75) is 29.8 Å². The fourth-order valence-corrected chi connectivity index (χ4v) is 3.80. The lowest BCUT2D eigenvalue weighted by molar-refractivity contribution is -0.141. The highest BCUT2D eigenvalue weighted by atomic mass is 32.2. The van der Waals surface area contributed by atoms with E-state index in [4.69, 9.17) is 0 Å². The molecule has 10 heteroatoms. The molecule has 1 fully saturated rings.